The van der Waals surface area contributed by atoms with Gasteiger partial charge in [0.2, 0.25) is 0 Å². The zero-order valence-electron chi connectivity index (χ0n) is 12.5. The molecule has 0 spiro atoms. The van der Waals surface area contributed by atoms with E-state index in [1.54, 1.807) is 25.1 Å². The average molecular weight is 331 g/mol. The summed E-state index contributed by atoms with van der Waals surface area (Å²) in [6.45, 7) is 2.70. The summed E-state index contributed by atoms with van der Waals surface area (Å²) in [5.41, 5.74) is 1.52. The lowest BCUT2D eigenvalue weighted by Crippen LogP contribution is -2.20. The molecule has 0 radical (unpaired) electrons. The number of rotatable bonds is 2. The van der Waals surface area contributed by atoms with Crippen molar-refractivity contribution in [2.24, 2.45) is 4.99 Å². The lowest BCUT2D eigenvalue weighted by atomic mass is 10.1. The summed E-state index contributed by atoms with van der Waals surface area (Å²) in [5, 5.41) is 13.8. The van der Waals surface area contributed by atoms with Crippen LogP contribution in [0.5, 0.6) is 5.75 Å². The van der Waals surface area contributed by atoms with Crippen LogP contribution < -0.4 is 10.9 Å². The second kappa shape index (κ2) is 6.30. The average Bonchev–Trinajstić information content (AvgIpc) is 2.72. The van der Waals surface area contributed by atoms with E-state index >= 15 is 0 Å². The van der Waals surface area contributed by atoms with Gasteiger partial charge in [-0.05, 0) is 25.1 Å². The van der Waals surface area contributed by atoms with Crippen LogP contribution in [0.4, 0.5) is 0 Å². The summed E-state index contributed by atoms with van der Waals surface area (Å²) in [4.78, 5) is 16.6. The monoisotopic (exact) mass is 330 g/mol. The summed E-state index contributed by atoms with van der Waals surface area (Å²) in [6, 6.07) is 8.73. The van der Waals surface area contributed by atoms with Crippen molar-refractivity contribution in [2.45, 2.75) is 6.92 Å². The third kappa shape index (κ3) is 3.29. The van der Waals surface area contributed by atoms with Gasteiger partial charge in [-0.15, -0.1) is 0 Å². The van der Waals surface area contributed by atoms with Gasteiger partial charge in [0.1, 0.15) is 17.1 Å². The van der Waals surface area contributed by atoms with Crippen LogP contribution in [0.25, 0.3) is 5.70 Å². The molecule has 2 aromatic rings. The molecule has 0 aliphatic carbocycles. The Kier molecular flexibility index (Phi) is 4.21. The first kappa shape index (κ1) is 15.4. The summed E-state index contributed by atoms with van der Waals surface area (Å²) >= 11 is 6.03. The number of nitrogens with one attached hydrogen (secondary N) is 1. The highest BCUT2D eigenvalue weighted by Gasteiger charge is 2.17. The van der Waals surface area contributed by atoms with E-state index in [2.05, 4.69) is 10.3 Å². The molecule has 0 bridgehead atoms. The van der Waals surface area contributed by atoms with Crippen LogP contribution >= 0.6 is 11.6 Å². The molecule has 1 aliphatic rings. The lowest BCUT2D eigenvalue weighted by molar-refractivity contribution is 0.430. The quantitative estimate of drug-likeness (QED) is 0.888. The van der Waals surface area contributed by atoms with Crippen LogP contribution in [0.3, 0.4) is 0 Å². The molecule has 3 rings (SSSR count). The molecular formula is C17H15ClN2O3. The Bertz CT molecular complexity index is 868. The molecule has 2 heterocycles. The first-order valence-electron chi connectivity index (χ1n) is 7.14. The highest BCUT2D eigenvalue weighted by Crippen LogP contribution is 2.23. The van der Waals surface area contributed by atoms with Crippen LogP contribution in [-0.2, 0) is 0 Å². The Morgan fingerprint density at radius 2 is 2.17 bits per heavy atom. The van der Waals surface area contributed by atoms with E-state index in [9.17, 15) is 9.90 Å². The van der Waals surface area contributed by atoms with Crippen molar-refractivity contribution in [1.82, 2.24) is 5.32 Å². The van der Waals surface area contributed by atoms with Gasteiger partial charge in [0.05, 0.1) is 18.0 Å². The number of aromatic hydroxyl groups is 1. The van der Waals surface area contributed by atoms with Gasteiger partial charge < -0.3 is 14.8 Å². The van der Waals surface area contributed by atoms with Gasteiger partial charge in [-0.1, -0.05) is 23.7 Å². The number of aryl methyl sites for hydroxylation is 1. The number of hydrogen-bond donors (Lipinski definition) is 2. The van der Waals surface area contributed by atoms with Crippen LogP contribution in [0.15, 0.2) is 50.6 Å². The van der Waals surface area contributed by atoms with Gasteiger partial charge in [-0.25, -0.2) is 4.79 Å². The fourth-order valence-electron chi connectivity index (χ4n) is 2.43. The van der Waals surface area contributed by atoms with Crippen LogP contribution in [0.2, 0.25) is 5.02 Å². The fraction of sp³-hybridized carbons (Fsp3) is 0.176. The predicted molar refractivity (Wildman–Crippen MR) is 90.2 cm³/mol. The Labute approximate surface area is 137 Å². The van der Waals surface area contributed by atoms with Crippen molar-refractivity contribution in [2.75, 3.05) is 13.1 Å². The summed E-state index contributed by atoms with van der Waals surface area (Å²) in [6.07, 6.45) is 1.72. The Morgan fingerprint density at radius 1 is 1.35 bits per heavy atom. The standard InChI is InChI=1S/C17H15ClN2O3/c1-10-7-15(21)16(17(22)23-10)14-9-13(19-5-6-20-14)11-3-2-4-12(18)8-11/h2-4,7-9,20-21H,5-6H2,1H3. The summed E-state index contributed by atoms with van der Waals surface area (Å²) in [5.74, 6) is 0.235. The van der Waals surface area contributed by atoms with Crippen molar-refractivity contribution in [1.29, 1.82) is 0 Å². The molecule has 0 saturated heterocycles. The van der Waals surface area contributed by atoms with Crippen molar-refractivity contribution >= 4 is 23.0 Å². The second-order valence-electron chi connectivity index (χ2n) is 5.17. The molecule has 0 saturated carbocycles. The van der Waals surface area contributed by atoms with Crippen molar-refractivity contribution < 1.29 is 9.52 Å². The number of nitrogens with zero attached hydrogens (tertiary/aromatic N) is 1. The van der Waals surface area contributed by atoms with E-state index in [0.29, 0.717) is 35.3 Å². The van der Waals surface area contributed by atoms with Crippen molar-refractivity contribution in [3.63, 3.8) is 0 Å². The van der Waals surface area contributed by atoms with E-state index in [1.807, 2.05) is 12.1 Å². The number of benzene rings is 1. The highest BCUT2D eigenvalue weighted by atomic mass is 35.5. The maximum absolute atomic E-state index is 12.1. The van der Waals surface area contributed by atoms with E-state index in [0.717, 1.165) is 5.56 Å². The smallest absolute Gasteiger partial charge is 0.349 e. The molecule has 118 valence electrons. The van der Waals surface area contributed by atoms with Crippen molar-refractivity contribution in [3.05, 3.63) is 68.7 Å². The van der Waals surface area contributed by atoms with Gasteiger partial charge in [-0.3, -0.25) is 4.99 Å². The molecule has 1 aromatic heterocycles. The molecule has 23 heavy (non-hydrogen) atoms. The molecule has 1 aromatic carbocycles. The van der Waals surface area contributed by atoms with Gasteiger partial charge >= 0.3 is 5.63 Å². The fourth-order valence-corrected chi connectivity index (χ4v) is 2.62. The van der Waals surface area contributed by atoms with Crippen LogP contribution in [0, 0.1) is 6.92 Å². The van der Waals surface area contributed by atoms with E-state index in [-0.39, 0.29) is 11.3 Å². The highest BCUT2D eigenvalue weighted by molar-refractivity contribution is 6.31. The topological polar surface area (TPSA) is 74.8 Å². The number of hydrogen-bond acceptors (Lipinski definition) is 5. The Balaban J connectivity index is 2.10. The molecular weight excluding hydrogens is 316 g/mol. The van der Waals surface area contributed by atoms with E-state index in [1.165, 1.54) is 6.07 Å². The maximum Gasteiger partial charge on any atom is 0.349 e. The van der Waals surface area contributed by atoms with E-state index in [4.69, 9.17) is 16.0 Å². The second-order valence-corrected chi connectivity index (χ2v) is 5.60. The normalized spacial score (nSPS) is 14.5. The molecule has 1 aliphatic heterocycles. The van der Waals surface area contributed by atoms with Gasteiger partial charge in [0.25, 0.3) is 0 Å². The minimum Gasteiger partial charge on any atom is -0.507 e. The number of allylic oxidation sites excluding steroid dienone is 1. The zero-order chi connectivity index (χ0) is 16.4. The Hall–Kier alpha value is -2.53. The third-order valence-electron chi connectivity index (χ3n) is 3.43. The number of halogens is 1. The first-order chi connectivity index (χ1) is 11.0. The minimum absolute atomic E-state index is 0.104. The first-order valence-corrected chi connectivity index (χ1v) is 7.52. The minimum atomic E-state index is -0.589. The van der Waals surface area contributed by atoms with Crippen LogP contribution in [-0.4, -0.2) is 23.9 Å². The molecule has 0 fully saturated rings. The largest absolute Gasteiger partial charge is 0.507 e. The van der Waals surface area contributed by atoms with E-state index < -0.39 is 5.63 Å². The molecule has 5 nitrogen and oxygen atoms in total. The molecule has 0 amide bonds. The molecule has 0 unspecified atom stereocenters. The summed E-state index contributed by atoms with van der Waals surface area (Å²) in [7, 11) is 0. The van der Waals surface area contributed by atoms with Gasteiger partial charge in [-0.2, -0.15) is 0 Å². The number of aliphatic imine (C=N–C) groups is 1. The van der Waals surface area contributed by atoms with Crippen LogP contribution in [0.1, 0.15) is 16.9 Å². The molecule has 0 atom stereocenters. The lowest BCUT2D eigenvalue weighted by Gasteiger charge is -2.09. The van der Waals surface area contributed by atoms with Gasteiger partial charge in [0, 0.05) is 23.2 Å². The Morgan fingerprint density at radius 3 is 2.91 bits per heavy atom. The van der Waals surface area contributed by atoms with Crippen molar-refractivity contribution in [3.8, 4) is 5.75 Å². The SMILES string of the molecule is Cc1cc(O)c(C2=CC(c3cccc(Cl)c3)=NCCN2)c(=O)o1. The predicted octanol–water partition coefficient (Wildman–Crippen LogP) is 2.74. The van der Waals surface area contributed by atoms with Gasteiger partial charge in [0.15, 0.2) is 0 Å². The molecule has 2 N–H and O–H groups in total. The summed E-state index contributed by atoms with van der Waals surface area (Å²) < 4.78 is 5.09. The maximum atomic E-state index is 12.1. The zero-order valence-corrected chi connectivity index (χ0v) is 13.2. The third-order valence-corrected chi connectivity index (χ3v) is 3.67. The molecule has 6 heteroatoms.